The lowest BCUT2D eigenvalue weighted by Crippen LogP contribution is -2.28. The second kappa shape index (κ2) is 5.35. The zero-order chi connectivity index (χ0) is 12.3. The number of hydrogen-bond acceptors (Lipinski definition) is 2. The van der Waals surface area contributed by atoms with Gasteiger partial charge in [0.2, 0.25) is 0 Å². The van der Waals surface area contributed by atoms with Crippen LogP contribution in [0.1, 0.15) is 43.5 Å². The first-order valence-corrected chi connectivity index (χ1v) is 6.57. The number of rotatable bonds is 6. The summed E-state index contributed by atoms with van der Waals surface area (Å²) in [5, 5.41) is 0. The van der Waals surface area contributed by atoms with E-state index in [1.54, 1.807) is 6.92 Å². The van der Waals surface area contributed by atoms with Crippen LogP contribution in [0.4, 0.5) is 5.69 Å². The Bertz CT molecular complexity index is 396. The van der Waals surface area contributed by atoms with Gasteiger partial charge in [-0.15, -0.1) is 0 Å². The molecule has 1 fully saturated rings. The maximum Gasteiger partial charge on any atom is 0.161 e. The maximum atomic E-state index is 11.6. The molecule has 0 bridgehead atoms. The lowest BCUT2D eigenvalue weighted by atomic mass is 10.1. The summed E-state index contributed by atoms with van der Waals surface area (Å²) in [5.74, 6) is 1.01. The van der Waals surface area contributed by atoms with Gasteiger partial charge in [-0.25, -0.2) is 0 Å². The quantitative estimate of drug-likeness (QED) is 0.698. The standard InChI is InChI=1S/C15H21NO/c1-3-10-16(11-13-8-9-13)15-7-5-4-6-14(15)12(2)17/h4-7,13H,3,8-11H2,1-2H3. The van der Waals surface area contributed by atoms with Gasteiger partial charge in [0.1, 0.15) is 0 Å². The van der Waals surface area contributed by atoms with E-state index in [1.807, 2.05) is 18.2 Å². The zero-order valence-corrected chi connectivity index (χ0v) is 10.8. The van der Waals surface area contributed by atoms with Crippen molar-refractivity contribution in [3.05, 3.63) is 29.8 Å². The average molecular weight is 231 g/mol. The van der Waals surface area contributed by atoms with E-state index in [0.29, 0.717) is 0 Å². The van der Waals surface area contributed by atoms with E-state index in [1.165, 1.54) is 12.8 Å². The average Bonchev–Trinajstić information content (AvgIpc) is 3.12. The second-order valence-electron chi connectivity index (χ2n) is 4.96. The fourth-order valence-corrected chi connectivity index (χ4v) is 2.24. The Morgan fingerprint density at radius 1 is 1.35 bits per heavy atom. The van der Waals surface area contributed by atoms with Crippen molar-refractivity contribution in [3.63, 3.8) is 0 Å². The van der Waals surface area contributed by atoms with Gasteiger partial charge in [-0.05, 0) is 44.2 Å². The molecule has 2 heteroatoms. The van der Waals surface area contributed by atoms with E-state index in [9.17, 15) is 4.79 Å². The molecule has 1 saturated carbocycles. The van der Waals surface area contributed by atoms with Crippen LogP contribution in [0.5, 0.6) is 0 Å². The van der Waals surface area contributed by atoms with Crippen molar-refractivity contribution in [2.75, 3.05) is 18.0 Å². The number of carbonyl (C=O) groups is 1. The molecule has 0 aromatic heterocycles. The van der Waals surface area contributed by atoms with Gasteiger partial charge in [0.15, 0.2) is 5.78 Å². The molecule has 1 aromatic carbocycles. The van der Waals surface area contributed by atoms with Crippen molar-refractivity contribution in [2.45, 2.75) is 33.1 Å². The summed E-state index contributed by atoms with van der Waals surface area (Å²) < 4.78 is 0. The van der Waals surface area contributed by atoms with E-state index >= 15 is 0 Å². The van der Waals surface area contributed by atoms with Gasteiger partial charge >= 0.3 is 0 Å². The van der Waals surface area contributed by atoms with Crippen molar-refractivity contribution in [3.8, 4) is 0 Å². The number of Topliss-reactive ketones (excluding diaryl/α,β-unsaturated/α-hetero) is 1. The molecule has 1 aliphatic rings. The van der Waals surface area contributed by atoms with E-state index in [0.717, 1.165) is 36.7 Å². The smallest absolute Gasteiger partial charge is 0.161 e. The minimum Gasteiger partial charge on any atom is -0.371 e. The van der Waals surface area contributed by atoms with Crippen LogP contribution in [0.2, 0.25) is 0 Å². The molecule has 92 valence electrons. The number of hydrogen-bond donors (Lipinski definition) is 0. The fraction of sp³-hybridized carbons (Fsp3) is 0.533. The van der Waals surface area contributed by atoms with Gasteiger partial charge in [0.05, 0.1) is 0 Å². The van der Waals surface area contributed by atoms with Crippen molar-refractivity contribution in [1.29, 1.82) is 0 Å². The van der Waals surface area contributed by atoms with E-state index in [4.69, 9.17) is 0 Å². The van der Waals surface area contributed by atoms with Gasteiger partial charge in [-0.1, -0.05) is 19.1 Å². The van der Waals surface area contributed by atoms with Crippen LogP contribution in [-0.2, 0) is 0 Å². The Labute approximate surface area is 104 Å². The van der Waals surface area contributed by atoms with E-state index < -0.39 is 0 Å². The molecule has 2 nitrogen and oxygen atoms in total. The molecule has 0 atom stereocenters. The summed E-state index contributed by atoms with van der Waals surface area (Å²) in [4.78, 5) is 14.0. The molecule has 0 heterocycles. The molecule has 1 aliphatic carbocycles. The first-order valence-electron chi connectivity index (χ1n) is 6.57. The Hall–Kier alpha value is -1.31. The van der Waals surface area contributed by atoms with Gasteiger partial charge < -0.3 is 4.90 Å². The van der Waals surface area contributed by atoms with Gasteiger partial charge in [0, 0.05) is 24.3 Å². The highest BCUT2D eigenvalue weighted by atomic mass is 16.1. The largest absolute Gasteiger partial charge is 0.371 e. The van der Waals surface area contributed by atoms with Crippen LogP contribution < -0.4 is 4.90 Å². The first-order chi connectivity index (χ1) is 8.22. The highest BCUT2D eigenvalue weighted by Gasteiger charge is 2.25. The number of ketones is 1. The molecule has 0 amide bonds. The fourth-order valence-electron chi connectivity index (χ4n) is 2.24. The van der Waals surface area contributed by atoms with Crippen LogP contribution in [0.3, 0.4) is 0 Å². The molecule has 17 heavy (non-hydrogen) atoms. The first kappa shape index (κ1) is 12.2. The van der Waals surface area contributed by atoms with E-state index in [2.05, 4.69) is 17.9 Å². The predicted octanol–water partition coefficient (Wildman–Crippen LogP) is 3.52. The Kier molecular flexibility index (Phi) is 3.82. The maximum absolute atomic E-state index is 11.6. The third-order valence-corrected chi connectivity index (χ3v) is 3.29. The van der Waals surface area contributed by atoms with Gasteiger partial charge in [-0.2, -0.15) is 0 Å². The molecule has 0 radical (unpaired) electrons. The minimum absolute atomic E-state index is 0.164. The van der Waals surface area contributed by atoms with Gasteiger partial charge in [0.25, 0.3) is 0 Å². The molecular weight excluding hydrogens is 210 g/mol. The molecular formula is C15H21NO. The summed E-state index contributed by atoms with van der Waals surface area (Å²) in [6, 6.07) is 7.99. The Balaban J connectivity index is 2.23. The predicted molar refractivity (Wildman–Crippen MR) is 71.7 cm³/mol. The van der Waals surface area contributed by atoms with Crippen molar-refractivity contribution < 1.29 is 4.79 Å². The van der Waals surface area contributed by atoms with Crippen molar-refractivity contribution >= 4 is 11.5 Å². The topological polar surface area (TPSA) is 20.3 Å². The summed E-state index contributed by atoms with van der Waals surface area (Å²) in [6.07, 6.45) is 3.82. The second-order valence-corrected chi connectivity index (χ2v) is 4.96. The zero-order valence-electron chi connectivity index (χ0n) is 10.8. The lowest BCUT2D eigenvalue weighted by molar-refractivity contribution is 0.101. The molecule has 0 aliphatic heterocycles. The number of nitrogens with zero attached hydrogens (tertiary/aromatic N) is 1. The molecule has 1 aromatic rings. The summed E-state index contributed by atoms with van der Waals surface area (Å²) in [7, 11) is 0. The SMILES string of the molecule is CCCN(CC1CC1)c1ccccc1C(C)=O. The van der Waals surface area contributed by atoms with Crippen LogP contribution in [0, 0.1) is 5.92 Å². The normalized spacial score (nSPS) is 14.7. The number of anilines is 1. The molecule has 0 N–H and O–H groups in total. The Morgan fingerprint density at radius 3 is 2.65 bits per heavy atom. The van der Waals surface area contributed by atoms with Crippen molar-refractivity contribution in [2.24, 2.45) is 5.92 Å². The van der Waals surface area contributed by atoms with E-state index in [-0.39, 0.29) is 5.78 Å². The Morgan fingerprint density at radius 2 is 2.06 bits per heavy atom. The highest BCUT2D eigenvalue weighted by molar-refractivity contribution is 5.99. The minimum atomic E-state index is 0.164. The number of para-hydroxylation sites is 1. The third kappa shape index (κ3) is 3.09. The van der Waals surface area contributed by atoms with Crippen LogP contribution in [0.25, 0.3) is 0 Å². The van der Waals surface area contributed by atoms with Gasteiger partial charge in [-0.3, -0.25) is 4.79 Å². The number of carbonyl (C=O) groups excluding carboxylic acids is 1. The summed E-state index contributed by atoms with van der Waals surface area (Å²) >= 11 is 0. The molecule has 2 rings (SSSR count). The third-order valence-electron chi connectivity index (χ3n) is 3.29. The van der Waals surface area contributed by atoms with Crippen LogP contribution >= 0.6 is 0 Å². The van der Waals surface area contributed by atoms with Crippen molar-refractivity contribution in [1.82, 2.24) is 0 Å². The summed E-state index contributed by atoms with van der Waals surface area (Å²) in [6.45, 7) is 6.00. The number of benzene rings is 1. The molecule has 0 saturated heterocycles. The lowest BCUT2D eigenvalue weighted by Gasteiger charge is -2.26. The highest BCUT2D eigenvalue weighted by Crippen LogP contribution is 2.32. The summed E-state index contributed by atoms with van der Waals surface area (Å²) in [5.41, 5.74) is 1.98. The van der Waals surface area contributed by atoms with Crippen LogP contribution in [-0.4, -0.2) is 18.9 Å². The monoisotopic (exact) mass is 231 g/mol. The molecule has 0 spiro atoms. The van der Waals surface area contributed by atoms with Crippen LogP contribution in [0.15, 0.2) is 24.3 Å². The molecule has 0 unspecified atom stereocenters.